The Morgan fingerprint density at radius 2 is 2.13 bits per heavy atom. The Morgan fingerprint density at radius 1 is 1.39 bits per heavy atom. The van der Waals surface area contributed by atoms with Gasteiger partial charge in [-0.15, -0.1) is 5.10 Å². The molecule has 0 aliphatic carbocycles. The van der Waals surface area contributed by atoms with Crippen LogP contribution in [0.25, 0.3) is 0 Å². The van der Waals surface area contributed by atoms with Gasteiger partial charge >= 0.3 is 6.09 Å². The molecule has 2 aromatic rings. The highest BCUT2D eigenvalue weighted by atomic mass is 32.1. The molecule has 122 valence electrons. The maximum atomic E-state index is 12.1. The average Bonchev–Trinajstić information content (AvgIpc) is 2.92. The first-order valence-corrected chi connectivity index (χ1v) is 7.74. The van der Waals surface area contributed by atoms with Crippen molar-refractivity contribution in [3.05, 3.63) is 39.8 Å². The Hall–Kier alpha value is -2.30. The van der Waals surface area contributed by atoms with Crippen LogP contribution in [0.4, 0.5) is 9.93 Å². The summed E-state index contributed by atoms with van der Waals surface area (Å²) < 4.78 is 5.82. The Balaban J connectivity index is 1.91. The van der Waals surface area contributed by atoms with Crippen LogP contribution in [0.1, 0.15) is 5.56 Å². The number of hydrogen-bond acceptors (Lipinski definition) is 6. The van der Waals surface area contributed by atoms with Crippen molar-refractivity contribution < 1.29 is 19.4 Å². The summed E-state index contributed by atoms with van der Waals surface area (Å²) in [5.74, 6) is -0.571. The fourth-order valence-corrected chi connectivity index (χ4v) is 2.47. The fraction of sp³-hybridized carbons (Fsp3) is 0.231. The molecular formula is C13H14N4O4S2. The number of aromatic nitrogens is 2. The molecule has 2 amide bonds. The molecule has 0 bridgehead atoms. The number of carboxylic acid groups (broad SMARTS) is 1. The molecule has 23 heavy (non-hydrogen) atoms. The first-order chi connectivity index (χ1) is 11.0. The Kier molecular flexibility index (Phi) is 6.20. The number of anilines is 1. The molecular weight excluding hydrogens is 340 g/mol. The summed E-state index contributed by atoms with van der Waals surface area (Å²) in [6, 6.07) is 8.29. The lowest BCUT2D eigenvalue weighted by molar-refractivity contribution is -0.119. The number of amides is 2. The minimum absolute atomic E-state index is 0.108. The van der Waals surface area contributed by atoms with E-state index in [0.717, 1.165) is 16.9 Å². The second kappa shape index (κ2) is 8.36. The topological polar surface area (TPSA) is 116 Å². The van der Waals surface area contributed by atoms with Gasteiger partial charge in [-0.25, -0.2) is 4.79 Å². The molecule has 0 radical (unpaired) electrons. The zero-order valence-corrected chi connectivity index (χ0v) is 13.4. The van der Waals surface area contributed by atoms with Crippen molar-refractivity contribution in [2.24, 2.45) is 0 Å². The number of aromatic amines is 1. The lowest BCUT2D eigenvalue weighted by Crippen LogP contribution is -2.46. The van der Waals surface area contributed by atoms with Gasteiger partial charge in [-0.2, -0.15) is 0 Å². The molecule has 1 aromatic heterocycles. The van der Waals surface area contributed by atoms with Gasteiger partial charge in [0.1, 0.15) is 6.04 Å². The molecule has 2 rings (SSSR count). The van der Waals surface area contributed by atoms with Crippen LogP contribution in [0.2, 0.25) is 0 Å². The largest absolute Gasteiger partial charge is 0.465 e. The van der Waals surface area contributed by atoms with Crippen LogP contribution in [0, 0.1) is 3.95 Å². The second-order valence-electron chi connectivity index (χ2n) is 4.41. The molecule has 1 atom stereocenters. The SMILES string of the molecule is O=C(O)NC(COCc1ccccc1)C(=O)Nc1n[nH]c(=S)s1. The summed E-state index contributed by atoms with van der Waals surface area (Å²) in [7, 11) is 0. The highest BCUT2D eigenvalue weighted by Gasteiger charge is 2.22. The Labute approximate surface area is 140 Å². The summed E-state index contributed by atoms with van der Waals surface area (Å²) >= 11 is 5.93. The van der Waals surface area contributed by atoms with Crippen molar-refractivity contribution in [1.82, 2.24) is 15.5 Å². The van der Waals surface area contributed by atoms with Crippen molar-refractivity contribution in [2.75, 3.05) is 11.9 Å². The second-order valence-corrected chi connectivity index (χ2v) is 6.08. The minimum Gasteiger partial charge on any atom is -0.465 e. The fourth-order valence-electron chi connectivity index (χ4n) is 1.68. The summed E-state index contributed by atoms with van der Waals surface area (Å²) in [6.45, 7) is 0.163. The van der Waals surface area contributed by atoms with Crippen molar-refractivity contribution in [1.29, 1.82) is 0 Å². The average molecular weight is 354 g/mol. The first kappa shape index (κ1) is 17.1. The van der Waals surface area contributed by atoms with Crippen LogP contribution in [-0.2, 0) is 16.1 Å². The molecule has 0 aliphatic heterocycles. The molecule has 0 spiro atoms. The highest BCUT2D eigenvalue weighted by molar-refractivity contribution is 7.73. The molecule has 10 heteroatoms. The lowest BCUT2D eigenvalue weighted by Gasteiger charge is -2.16. The lowest BCUT2D eigenvalue weighted by atomic mass is 10.2. The standard InChI is InChI=1S/C13H14N4O4S2/c18-10(15-11-16-17-13(22)23-11)9(14-12(19)20)7-21-6-8-4-2-1-3-5-8/h1-5,9,14H,6-7H2,(H,17,22)(H,19,20)(H,15,16,18). The smallest absolute Gasteiger partial charge is 0.405 e. The molecule has 0 saturated carbocycles. The molecule has 0 saturated heterocycles. The van der Waals surface area contributed by atoms with E-state index in [2.05, 4.69) is 20.8 Å². The predicted molar refractivity (Wildman–Crippen MR) is 87.0 cm³/mol. The molecule has 0 aliphatic rings. The number of carbonyl (C=O) groups excluding carboxylic acids is 1. The van der Waals surface area contributed by atoms with E-state index in [1.54, 1.807) is 0 Å². The van der Waals surface area contributed by atoms with Gasteiger partial charge in [-0.3, -0.25) is 15.2 Å². The molecule has 0 fully saturated rings. The molecule has 1 heterocycles. The van der Waals surface area contributed by atoms with Crippen LogP contribution in [0.5, 0.6) is 0 Å². The van der Waals surface area contributed by atoms with Gasteiger partial charge in [0.25, 0.3) is 5.91 Å². The number of hydrogen-bond donors (Lipinski definition) is 4. The van der Waals surface area contributed by atoms with Gasteiger partial charge in [-0.1, -0.05) is 41.7 Å². The van der Waals surface area contributed by atoms with Crippen LogP contribution in [0.3, 0.4) is 0 Å². The third kappa shape index (κ3) is 5.77. The number of H-pyrrole nitrogens is 1. The number of nitrogens with zero attached hydrogens (tertiary/aromatic N) is 1. The quantitative estimate of drug-likeness (QED) is 0.565. The zero-order chi connectivity index (χ0) is 16.7. The molecule has 8 nitrogen and oxygen atoms in total. The number of nitrogens with one attached hydrogen (secondary N) is 3. The van der Waals surface area contributed by atoms with E-state index in [4.69, 9.17) is 22.1 Å². The normalized spacial score (nSPS) is 11.7. The van der Waals surface area contributed by atoms with Crippen molar-refractivity contribution in [2.45, 2.75) is 12.6 Å². The van der Waals surface area contributed by atoms with Crippen LogP contribution in [0.15, 0.2) is 30.3 Å². The molecule has 1 unspecified atom stereocenters. The third-order valence-corrected chi connectivity index (χ3v) is 3.68. The van der Waals surface area contributed by atoms with Gasteiger partial charge in [0.05, 0.1) is 13.2 Å². The van der Waals surface area contributed by atoms with Crippen LogP contribution in [-0.4, -0.2) is 40.0 Å². The summed E-state index contributed by atoms with van der Waals surface area (Å²) in [5, 5.41) is 20.0. The Bertz CT molecular complexity index is 716. The number of rotatable bonds is 7. The minimum atomic E-state index is -1.32. The van der Waals surface area contributed by atoms with Crippen molar-refractivity contribution >= 4 is 40.7 Å². The van der Waals surface area contributed by atoms with E-state index in [1.807, 2.05) is 30.3 Å². The van der Waals surface area contributed by atoms with Crippen molar-refractivity contribution in [3.63, 3.8) is 0 Å². The number of carbonyl (C=O) groups is 2. The van der Waals surface area contributed by atoms with Gasteiger partial charge in [0, 0.05) is 0 Å². The van der Waals surface area contributed by atoms with E-state index in [1.165, 1.54) is 0 Å². The highest BCUT2D eigenvalue weighted by Crippen LogP contribution is 2.11. The van der Waals surface area contributed by atoms with Crippen molar-refractivity contribution in [3.8, 4) is 0 Å². The zero-order valence-electron chi connectivity index (χ0n) is 11.8. The van der Waals surface area contributed by atoms with Gasteiger partial charge in [0.2, 0.25) is 5.13 Å². The van der Waals surface area contributed by atoms with E-state index in [-0.39, 0.29) is 18.3 Å². The summed E-state index contributed by atoms with van der Waals surface area (Å²) in [6.07, 6.45) is -1.32. The van der Waals surface area contributed by atoms with Gasteiger partial charge in [0.15, 0.2) is 3.95 Å². The first-order valence-electron chi connectivity index (χ1n) is 6.52. The maximum absolute atomic E-state index is 12.1. The Morgan fingerprint density at radius 3 is 2.74 bits per heavy atom. The number of benzene rings is 1. The maximum Gasteiger partial charge on any atom is 0.405 e. The third-order valence-electron chi connectivity index (χ3n) is 2.68. The summed E-state index contributed by atoms with van der Waals surface area (Å²) in [4.78, 5) is 22.9. The summed E-state index contributed by atoms with van der Waals surface area (Å²) in [5.41, 5.74) is 0.923. The van der Waals surface area contributed by atoms with E-state index in [9.17, 15) is 9.59 Å². The van der Waals surface area contributed by atoms with Gasteiger partial charge < -0.3 is 15.2 Å². The van der Waals surface area contributed by atoms with Gasteiger partial charge in [-0.05, 0) is 17.8 Å². The van der Waals surface area contributed by atoms with Crippen LogP contribution >= 0.6 is 23.6 Å². The van der Waals surface area contributed by atoms with E-state index in [0.29, 0.717) is 3.95 Å². The van der Waals surface area contributed by atoms with E-state index < -0.39 is 18.0 Å². The number of ether oxygens (including phenoxy) is 1. The van der Waals surface area contributed by atoms with Crippen LogP contribution < -0.4 is 10.6 Å². The monoisotopic (exact) mass is 354 g/mol. The predicted octanol–water partition coefficient (Wildman–Crippen LogP) is 1.99. The molecule has 4 N–H and O–H groups in total. The van der Waals surface area contributed by atoms with E-state index >= 15 is 0 Å². The molecule has 1 aromatic carbocycles.